The maximum absolute atomic E-state index is 9.69. The van der Waals surface area contributed by atoms with Crippen molar-refractivity contribution < 1.29 is 9.47 Å². The highest BCUT2D eigenvalue weighted by Gasteiger charge is 2.14. The summed E-state index contributed by atoms with van der Waals surface area (Å²) in [6, 6.07) is 20.5. The average Bonchev–Trinajstić information content (AvgIpc) is 2.92. The monoisotopic (exact) mass is 478 g/mol. The molecule has 0 bridgehead atoms. The van der Waals surface area contributed by atoms with Gasteiger partial charge in [-0.2, -0.15) is 10.5 Å². The third kappa shape index (κ3) is 5.55. The summed E-state index contributed by atoms with van der Waals surface area (Å²) in [6.07, 6.45) is 9.26. The fourth-order valence-electron chi connectivity index (χ4n) is 4.81. The number of hydrogen-bond acceptors (Lipinski definition) is 4. The minimum absolute atomic E-state index is 0.389. The molecule has 0 N–H and O–H groups in total. The van der Waals surface area contributed by atoms with Gasteiger partial charge in [-0.1, -0.05) is 64.5 Å². The molecule has 4 aromatic carbocycles. The van der Waals surface area contributed by atoms with Crippen LogP contribution in [0.1, 0.15) is 76.3 Å². The summed E-state index contributed by atoms with van der Waals surface area (Å²) < 4.78 is 12.2. The van der Waals surface area contributed by atoms with E-state index in [1.54, 1.807) is 0 Å². The molecule has 4 rings (SSSR count). The normalized spacial score (nSPS) is 11.0. The van der Waals surface area contributed by atoms with Crippen molar-refractivity contribution in [2.45, 2.75) is 65.2 Å². The summed E-state index contributed by atoms with van der Waals surface area (Å²) in [5, 5.41) is 25.5. The fraction of sp³-hybridized carbons (Fsp3) is 0.375. The minimum atomic E-state index is 0.389. The highest BCUT2D eigenvalue weighted by Crippen LogP contribution is 2.39. The Kier molecular flexibility index (Phi) is 8.64. The zero-order chi connectivity index (χ0) is 25.3. The van der Waals surface area contributed by atoms with Gasteiger partial charge in [-0.15, -0.1) is 0 Å². The van der Waals surface area contributed by atoms with Crippen molar-refractivity contribution in [2.75, 3.05) is 13.2 Å². The topological polar surface area (TPSA) is 66.0 Å². The molecule has 4 heteroatoms. The van der Waals surface area contributed by atoms with Crippen LogP contribution < -0.4 is 9.47 Å². The number of nitriles is 2. The van der Waals surface area contributed by atoms with Crippen LogP contribution in [0.4, 0.5) is 0 Å². The molecule has 4 aromatic rings. The van der Waals surface area contributed by atoms with Gasteiger partial charge in [-0.3, -0.25) is 0 Å². The first-order chi connectivity index (χ1) is 17.7. The second kappa shape index (κ2) is 12.3. The molecule has 0 unspecified atom stereocenters. The quantitative estimate of drug-likeness (QED) is 0.151. The van der Waals surface area contributed by atoms with E-state index in [2.05, 4.69) is 50.3 Å². The lowest BCUT2D eigenvalue weighted by atomic mass is 9.91. The highest BCUT2D eigenvalue weighted by atomic mass is 16.5. The van der Waals surface area contributed by atoms with E-state index in [9.17, 15) is 10.5 Å². The van der Waals surface area contributed by atoms with Gasteiger partial charge in [0.05, 0.1) is 24.3 Å². The van der Waals surface area contributed by atoms with Gasteiger partial charge in [-0.05, 0) is 81.6 Å². The summed E-state index contributed by atoms with van der Waals surface area (Å²) in [5.74, 6) is 1.66. The molecule has 0 aliphatic carbocycles. The predicted molar refractivity (Wildman–Crippen MR) is 148 cm³/mol. The van der Waals surface area contributed by atoms with E-state index in [-0.39, 0.29) is 0 Å². The van der Waals surface area contributed by atoms with Crippen LogP contribution in [0.15, 0.2) is 48.5 Å². The van der Waals surface area contributed by atoms with Crippen LogP contribution >= 0.6 is 0 Å². The molecule has 0 atom stereocenters. The summed E-state index contributed by atoms with van der Waals surface area (Å²) in [4.78, 5) is 0. The van der Waals surface area contributed by atoms with Gasteiger partial charge < -0.3 is 9.47 Å². The van der Waals surface area contributed by atoms with Crippen LogP contribution in [0, 0.1) is 22.7 Å². The first-order valence-corrected chi connectivity index (χ1v) is 13.2. The molecular formula is C32H34N2O2. The summed E-state index contributed by atoms with van der Waals surface area (Å²) in [6.45, 7) is 5.79. The lowest BCUT2D eigenvalue weighted by Gasteiger charge is -2.15. The second-order valence-corrected chi connectivity index (χ2v) is 9.40. The van der Waals surface area contributed by atoms with Gasteiger partial charge in [0.15, 0.2) is 0 Å². The summed E-state index contributed by atoms with van der Waals surface area (Å²) in [5.41, 5.74) is 0.778. The Morgan fingerprint density at radius 1 is 0.528 bits per heavy atom. The number of unbranched alkanes of at least 4 members (excludes halogenated alkanes) is 6. The maximum Gasteiger partial charge on any atom is 0.119 e. The minimum Gasteiger partial charge on any atom is -0.494 e. The fourth-order valence-corrected chi connectivity index (χ4v) is 4.81. The number of benzene rings is 4. The molecule has 0 saturated carbocycles. The number of ether oxygens (including phenoxy) is 2. The van der Waals surface area contributed by atoms with E-state index in [0.717, 1.165) is 56.7 Å². The van der Waals surface area contributed by atoms with Crippen LogP contribution in [-0.2, 0) is 0 Å². The van der Waals surface area contributed by atoms with E-state index >= 15 is 0 Å². The van der Waals surface area contributed by atoms with E-state index in [1.807, 2.05) is 24.3 Å². The van der Waals surface area contributed by atoms with Crippen LogP contribution in [0.2, 0.25) is 0 Å². The van der Waals surface area contributed by atoms with E-state index in [0.29, 0.717) is 24.3 Å². The zero-order valence-electron chi connectivity index (χ0n) is 21.4. The molecule has 0 spiro atoms. The highest BCUT2D eigenvalue weighted by molar-refractivity contribution is 6.26. The average molecular weight is 479 g/mol. The van der Waals surface area contributed by atoms with Gasteiger partial charge in [0, 0.05) is 0 Å². The van der Waals surface area contributed by atoms with Gasteiger partial charge in [0.2, 0.25) is 0 Å². The van der Waals surface area contributed by atoms with Crippen LogP contribution in [0.5, 0.6) is 11.5 Å². The Hall–Kier alpha value is -3.76. The van der Waals surface area contributed by atoms with Crippen LogP contribution in [0.3, 0.4) is 0 Å². The Morgan fingerprint density at radius 3 is 1.33 bits per heavy atom. The van der Waals surface area contributed by atoms with Crippen molar-refractivity contribution in [3.8, 4) is 23.6 Å². The van der Waals surface area contributed by atoms with Gasteiger partial charge in [-0.25, -0.2) is 0 Å². The van der Waals surface area contributed by atoms with Gasteiger partial charge in [0.1, 0.15) is 23.6 Å². The summed E-state index contributed by atoms with van der Waals surface area (Å²) in [7, 11) is 0. The van der Waals surface area contributed by atoms with Crippen molar-refractivity contribution >= 4 is 32.3 Å². The lowest BCUT2D eigenvalue weighted by Crippen LogP contribution is -1.98. The standard InChI is InChI=1S/C32H34N2O2/c1-3-5-7-9-15-35-25-11-13-27-28-14-12-26(36-16-10-8-6-4-2)20-32(28)30-18-24(22-34)23(21-33)17-29(30)31(27)19-25/h11-14,17-20H,3-10,15-16H2,1-2H3. The predicted octanol–water partition coefficient (Wildman–Crippen LogP) is 8.81. The number of rotatable bonds is 12. The van der Waals surface area contributed by atoms with Crippen molar-refractivity contribution in [3.05, 3.63) is 59.7 Å². The maximum atomic E-state index is 9.69. The Labute approximate surface area is 214 Å². The van der Waals surface area contributed by atoms with E-state index in [1.165, 1.54) is 38.5 Å². The third-order valence-electron chi connectivity index (χ3n) is 6.78. The van der Waals surface area contributed by atoms with E-state index < -0.39 is 0 Å². The first kappa shape index (κ1) is 25.3. The SMILES string of the molecule is CCCCCCOc1ccc2c3ccc(OCCCCCC)cc3c3cc(C#N)c(C#N)cc3c2c1. The van der Waals surface area contributed by atoms with Crippen LogP contribution in [-0.4, -0.2) is 13.2 Å². The molecule has 0 radical (unpaired) electrons. The first-order valence-electron chi connectivity index (χ1n) is 13.2. The molecule has 0 fully saturated rings. The van der Waals surface area contributed by atoms with Crippen molar-refractivity contribution in [1.82, 2.24) is 0 Å². The molecule has 0 saturated heterocycles. The summed E-state index contributed by atoms with van der Waals surface area (Å²) >= 11 is 0. The van der Waals surface area contributed by atoms with Crippen molar-refractivity contribution in [2.24, 2.45) is 0 Å². The molecule has 0 aliphatic rings. The molecule has 36 heavy (non-hydrogen) atoms. The van der Waals surface area contributed by atoms with Crippen molar-refractivity contribution in [3.63, 3.8) is 0 Å². The molecule has 184 valence electrons. The Balaban J connectivity index is 1.79. The molecule has 0 amide bonds. The van der Waals surface area contributed by atoms with E-state index in [4.69, 9.17) is 9.47 Å². The zero-order valence-corrected chi connectivity index (χ0v) is 21.4. The molecule has 0 aromatic heterocycles. The number of fused-ring (bicyclic) bond motifs is 6. The number of nitrogens with zero attached hydrogens (tertiary/aromatic N) is 2. The third-order valence-corrected chi connectivity index (χ3v) is 6.78. The van der Waals surface area contributed by atoms with Gasteiger partial charge >= 0.3 is 0 Å². The number of hydrogen-bond donors (Lipinski definition) is 0. The van der Waals surface area contributed by atoms with Gasteiger partial charge in [0.25, 0.3) is 0 Å². The smallest absolute Gasteiger partial charge is 0.119 e. The van der Waals surface area contributed by atoms with Crippen molar-refractivity contribution in [1.29, 1.82) is 10.5 Å². The second-order valence-electron chi connectivity index (χ2n) is 9.40. The molecule has 4 nitrogen and oxygen atoms in total. The molecule has 0 heterocycles. The molecule has 0 aliphatic heterocycles. The molecular weight excluding hydrogens is 444 g/mol. The largest absolute Gasteiger partial charge is 0.494 e. The van der Waals surface area contributed by atoms with Crippen LogP contribution in [0.25, 0.3) is 32.3 Å². The lowest BCUT2D eigenvalue weighted by molar-refractivity contribution is 0.305. The Bertz CT molecular complexity index is 1330. The Morgan fingerprint density at radius 2 is 0.944 bits per heavy atom.